The maximum absolute atomic E-state index is 14.9. The van der Waals surface area contributed by atoms with Crippen LogP contribution in [0.15, 0.2) is 66.2 Å². The van der Waals surface area contributed by atoms with Gasteiger partial charge in [-0.3, -0.25) is 9.29 Å². The van der Waals surface area contributed by atoms with Crippen molar-refractivity contribution in [1.29, 1.82) is 0 Å². The Bertz CT molecular complexity index is 1280. The highest BCUT2D eigenvalue weighted by Gasteiger charge is 2.24. The fourth-order valence-electron chi connectivity index (χ4n) is 5.13. The van der Waals surface area contributed by atoms with Crippen LogP contribution in [0.3, 0.4) is 0 Å². The van der Waals surface area contributed by atoms with E-state index in [0.717, 1.165) is 66.4 Å². The maximum Gasteiger partial charge on any atom is 0.195 e. The predicted octanol–water partition coefficient (Wildman–Crippen LogP) is 7.46. The predicted molar refractivity (Wildman–Crippen MR) is 133 cm³/mol. The summed E-state index contributed by atoms with van der Waals surface area (Å²) < 4.78 is 55.1. The summed E-state index contributed by atoms with van der Waals surface area (Å²) in [4.78, 5) is 2.22. The number of rotatable bonds is 6. The van der Waals surface area contributed by atoms with Crippen molar-refractivity contribution in [3.05, 3.63) is 112 Å². The van der Waals surface area contributed by atoms with Gasteiger partial charge in [0.15, 0.2) is 17.5 Å². The molecule has 2 aliphatic rings. The van der Waals surface area contributed by atoms with Crippen molar-refractivity contribution in [1.82, 2.24) is 4.90 Å². The van der Waals surface area contributed by atoms with E-state index in [4.69, 9.17) is 0 Å². The van der Waals surface area contributed by atoms with Crippen molar-refractivity contribution >= 4 is 17.2 Å². The van der Waals surface area contributed by atoms with Gasteiger partial charge in [-0.25, -0.2) is 13.2 Å². The lowest BCUT2D eigenvalue weighted by Crippen LogP contribution is -2.40. The van der Waals surface area contributed by atoms with Crippen molar-refractivity contribution < 1.29 is 17.6 Å². The third-order valence-electron chi connectivity index (χ3n) is 6.85. The molecule has 0 aromatic heterocycles. The minimum atomic E-state index is -1.44. The van der Waals surface area contributed by atoms with Crippen LogP contribution in [-0.4, -0.2) is 31.2 Å². The first kappa shape index (κ1) is 23.6. The van der Waals surface area contributed by atoms with Gasteiger partial charge in [-0.1, -0.05) is 54.6 Å². The molecule has 5 rings (SSSR count). The fourth-order valence-corrected chi connectivity index (χ4v) is 5.13. The van der Waals surface area contributed by atoms with E-state index in [0.29, 0.717) is 18.4 Å². The van der Waals surface area contributed by atoms with Crippen LogP contribution in [0, 0.1) is 17.5 Å². The molecule has 0 atom stereocenters. The van der Waals surface area contributed by atoms with Crippen LogP contribution in [0.2, 0.25) is 0 Å². The number of allylic oxidation sites excluding steroid dienone is 1. The summed E-state index contributed by atoms with van der Waals surface area (Å²) in [6, 6.07) is 18.5. The molecule has 0 saturated carbocycles. The molecule has 1 aliphatic heterocycles. The largest absolute Gasteiger partial charge is 0.295 e. The van der Waals surface area contributed by atoms with Crippen molar-refractivity contribution in [3.8, 4) is 0 Å². The summed E-state index contributed by atoms with van der Waals surface area (Å²) in [5, 5.41) is 0. The Morgan fingerprint density at radius 1 is 0.800 bits per heavy atom. The highest BCUT2D eigenvalue weighted by atomic mass is 19.2. The van der Waals surface area contributed by atoms with Crippen LogP contribution >= 0.6 is 0 Å². The lowest BCUT2D eigenvalue weighted by molar-refractivity contribution is 0.239. The molecule has 35 heavy (non-hydrogen) atoms. The number of likely N-dealkylation sites (tertiary alicyclic amines) is 1. The summed E-state index contributed by atoms with van der Waals surface area (Å²) >= 11 is 0. The molecule has 1 aliphatic carbocycles. The van der Waals surface area contributed by atoms with Crippen LogP contribution in [0.5, 0.6) is 0 Å². The normalized spacial score (nSPS) is 16.1. The number of halogens is 4. The van der Waals surface area contributed by atoms with Gasteiger partial charge in [0.25, 0.3) is 0 Å². The number of hydrogen-bond acceptors (Lipinski definition) is 1. The van der Waals surface area contributed by atoms with E-state index < -0.39 is 17.5 Å². The van der Waals surface area contributed by atoms with E-state index in [1.165, 1.54) is 11.6 Å². The zero-order chi connectivity index (χ0) is 24.4. The topological polar surface area (TPSA) is 3.24 Å². The van der Waals surface area contributed by atoms with Gasteiger partial charge in [-0.15, -0.1) is 0 Å². The Morgan fingerprint density at radius 2 is 1.57 bits per heavy atom. The van der Waals surface area contributed by atoms with Crippen molar-refractivity contribution in [2.45, 2.75) is 25.7 Å². The Morgan fingerprint density at radius 3 is 2.34 bits per heavy atom. The van der Waals surface area contributed by atoms with Crippen LogP contribution in [-0.2, 0) is 6.42 Å². The smallest absolute Gasteiger partial charge is 0.195 e. The second-order valence-corrected chi connectivity index (χ2v) is 9.26. The molecule has 0 spiro atoms. The molecule has 0 bridgehead atoms. The molecule has 1 nitrogen and oxygen atoms in total. The molecule has 3 aromatic rings. The fraction of sp³-hybridized carbons (Fsp3) is 0.267. The summed E-state index contributed by atoms with van der Waals surface area (Å²) in [5.41, 5.74) is 7.12. The van der Waals surface area contributed by atoms with Crippen LogP contribution in [0.4, 0.5) is 17.6 Å². The molecule has 180 valence electrons. The van der Waals surface area contributed by atoms with Crippen LogP contribution < -0.4 is 0 Å². The molecule has 1 saturated heterocycles. The molecule has 3 aromatic carbocycles. The van der Waals surface area contributed by atoms with Gasteiger partial charge in [0.1, 0.15) is 0 Å². The number of nitrogens with zero attached hydrogens (tertiary/aromatic N) is 1. The van der Waals surface area contributed by atoms with Gasteiger partial charge >= 0.3 is 0 Å². The number of hydrogen-bond donors (Lipinski definition) is 0. The summed E-state index contributed by atoms with van der Waals surface area (Å²) in [5.74, 6) is -3.76. The monoisotopic (exact) mass is 477 g/mol. The zero-order valence-electron chi connectivity index (χ0n) is 19.5. The van der Waals surface area contributed by atoms with E-state index in [2.05, 4.69) is 17.0 Å². The van der Waals surface area contributed by atoms with E-state index >= 15 is 0 Å². The quantitative estimate of drug-likeness (QED) is 0.263. The van der Waals surface area contributed by atoms with Crippen LogP contribution in [0.25, 0.3) is 17.2 Å². The van der Waals surface area contributed by atoms with E-state index in [-0.39, 0.29) is 12.2 Å². The lowest BCUT2D eigenvalue weighted by Gasteiger charge is -2.33. The van der Waals surface area contributed by atoms with Gasteiger partial charge in [0.2, 0.25) is 0 Å². The standard InChI is InChI=1S/C30H27F4N/c31-15-4-16-35-18-21(19-35)17-20-9-11-23(12-10-20)28-24-7-2-1-5-22(24)6-3-8-25(28)26-13-14-27(32)30(34)29(26)33/h1-2,5,7,9-14,17H,3-4,6,8,15-16,18-19H2. The number of fused-ring (bicyclic) bond motifs is 1. The molecule has 0 amide bonds. The highest BCUT2D eigenvalue weighted by molar-refractivity contribution is 6.00. The minimum Gasteiger partial charge on any atom is -0.295 e. The average molecular weight is 478 g/mol. The second kappa shape index (κ2) is 10.2. The summed E-state index contributed by atoms with van der Waals surface area (Å²) in [6.45, 7) is 2.22. The maximum atomic E-state index is 14.9. The third kappa shape index (κ3) is 4.83. The van der Waals surface area contributed by atoms with Gasteiger partial charge < -0.3 is 0 Å². The third-order valence-corrected chi connectivity index (χ3v) is 6.85. The number of alkyl halides is 1. The number of benzene rings is 3. The number of aryl methyl sites for hydroxylation is 1. The lowest BCUT2D eigenvalue weighted by atomic mass is 9.87. The van der Waals surface area contributed by atoms with E-state index in [1.54, 1.807) is 0 Å². The first-order chi connectivity index (χ1) is 17.0. The van der Waals surface area contributed by atoms with Gasteiger partial charge in [0, 0.05) is 25.2 Å². The molecule has 0 N–H and O–H groups in total. The van der Waals surface area contributed by atoms with E-state index in [9.17, 15) is 17.6 Å². The molecule has 1 fully saturated rings. The molecule has 0 unspecified atom stereocenters. The van der Waals surface area contributed by atoms with Crippen molar-refractivity contribution in [2.75, 3.05) is 26.3 Å². The summed E-state index contributed by atoms with van der Waals surface area (Å²) in [6.07, 6.45) is 4.90. The molecular formula is C30H27F4N. The van der Waals surface area contributed by atoms with Crippen molar-refractivity contribution in [2.24, 2.45) is 0 Å². The first-order valence-corrected chi connectivity index (χ1v) is 12.1. The molecule has 5 heteroatoms. The van der Waals surface area contributed by atoms with Crippen molar-refractivity contribution in [3.63, 3.8) is 0 Å². The van der Waals surface area contributed by atoms with Gasteiger partial charge in [-0.05, 0) is 76.8 Å². The van der Waals surface area contributed by atoms with Gasteiger partial charge in [-0.2, -0.15) is 0 Å². The molecule has 1 heterocycles. The summed E-state index contributed by atoms with van der Waals surface area (Å²) in [7, 11) is 0. The molecule has 0 radical (unpaired) electrons. The Hall–Kier alpha value is -3.18. The van der Waals surface area contributed by atoms with E-state index in [1.807, 2.05) is 42.5 Å². The zero-order valence-corrected chi connectivity index (χ0v) is 19.5. The Labute approximate surface area is 203 Å². The van der Waals surface area contributed by atoms with Gasteiger partial charge in [0.05, 0.1) is 6.67 Å². The highest BCUT2D eigenvalue weighted by Crippen LogP contribution is 2.41. The Balaban J connectivity index is 1.54. The van der Waals surface area contributed by atoms with Crippen LogP contribution in [0.1, 0.15) is 47.1 Å². The SMILES string of the molecule is FCCCN1CC(=Cc2ccc(C3=C(c4ccc(F)c(F)c4F)CCCc4ccccc43)cc2)C1. The second-order valence-electron chi connectivity index (χ2n) is 9.26. The average Bonchev–Trinajstić information content (AvgIpc) is 3.04. The minimum absolute atomic E-state index is 0.115. The first-order valence-electron chi connectivity index (χ1n) is 12.1. The molecular weight excluding hydrogens is 450 g/mol. The Kier molecular flexibility index (Phi) is 6.87.